The molecule has 0 unspecified atom stereocenters. The Morgan fingerprint density at radius 1 is 1.04 bits per heavy atom. The number of likely N-dealkylation sites (tertiary alicyclic amines) is 1. The van der Waals surface area contributed by atoms with Gasteiger partial charge in [-0.1, -0.05) is 0 Å². The van der Waals surface area contributed by atoms with Crippen molar-refractivity contribution >= 4 is 12.2 Å². The van der Waals surface area contributed by atoms with Gasteiger partial charge < -0.3 is 25.0 Å². The molecule has 2 amide bonds. The summed E-state index contributed by atoms with van der Waals surface area (Å²) in [5.74, 6) is 0. The molecule has 0 saturated carbocycles. The Hall–Kier alpha value is -2.05. The smallest absolute Gasteiger partial charge is 0.411 e. The molecule has 4 atom stereocenters. The van der Waals surface area contributed by atoms with Crippen molar-refractivity contribution in [3.8, 4) is 6.07 Å². The molecule has 0 aromatic rings. The van der Waals surface area contributed by atoms with Crippen LogP contribution in [0.15, 0.2) is 0 Å². The van der Waals surface area contributed by atoms with E-state index in [1.54, 1.807) is 41.5 Å². The maximum absolute atomic E-state index is 12.5. The van der Waals surface area contributed by atoms with Crippen LogP contribution in [0.1, 0.15) is 48.0 Å². The van der Waals surface area contributed by atoms with Gasteiger partial charge in [0.25, 0.3) is 0 Å². The van der Waals surface area contributed by atoms with Gasteiger partial charge in [0, 0.05) is 6.54 Å². The van der Waals surface area contributed by atoms with Crippen LogP contribution in [0, 0.1) is 11.3 Å². The number of carbonyl (C=O) groups excluding carboxylic acids is 2. The van der Waals surface area contributed by atoms with E-state index in [1.807, 2.05) is 6.07 Å². The number of hydrogen-bond acceptors (Lipinski definition) is 7. The number of nitriles is 1. The summed E-state index contributed by atoms with van der Waals surface area (Å²) < 4.78 is 10.5. The maximum Gasteiger partial charge on any atom is 0.411 e. The van der Waals surface area contributed by atoms with Crippen molar-refractivity contribution in [1.82, 2.24) is 10.2 Å². The van der Waals surface area contributed by atoms with E-state index in [0.29, 0.717) is 0 Å². The van der Waals surface area contributed by atoms with Gasteiger partial charge in [-0.25, -0.2) is 9.59 Å². The Morgan fingerprint density at radius 3 is 2.00 bits per heavy atom. The first-order chi connectivity index (χ1) is 11.8. The molecule has 148 valence electrons. The number of nitrogens with one attached hydrogen (secondary N) is 1. The molecule has 0 aromatic heterocycles. The minimum atomic E-state index is -1.34. The summed E-state index contributed by atoms with van der Waals surface area (Å²) in [5.41, 5.74) is -1.50. The molecule has 9 heteroatoms. The minimum Gasteiger partial charge on any atom is -0.444 e. The van der Waals surface area contributed by atoms with Gasteiger partial charge in [-0.2, -0.15) is 5.26 Å². The van der Waals surface area contributed by atoms with E-state index in [2.05, 4.69) is 5.32 Å². The highest BCUT2D eigenvalue weighted by Gasteiger charge is 2.51. The topological polar surface area (TPSA) is 132 Å². The SMILES string of the molecule is CC(C)(C)OC(=O)NC[C@@H]1[C@@H](O)[C@H](O)[C@H](CC#N)N1C(=O)OC(C)(C)C. The third-order valence-electron chi connectivity index (χ3n) is 3.61. The molecule has 1 heterocycles. The molecule has 1 saturated heterocycles. The molecule has 0 aromatic carbocycles. The van der Waals surface area contributed by atoms with Crippen LogP contribution in [-0.4, -0.2) is 69.3 Å². The van der Waals surface area contributed by atoms with Crippen LogP contribution < -0.4 is 5.32 Å². The third-order valence-corrected chi connectivity index (χ3v) is 3.61. The first-order valence-electron chi connectivity index (χ1n) is 8.48. The molecule has 1 aliphatic heterocycles. The third kappa shape index (κ3) is 6.04. The number of hydrogen-bond donors (Lipinski definition) is 3. The van der Waals surface area contributed by atoms with Crippen molar-refractivity contribution in [3.63, 3.8) is 0 Å². The lowest BCUT2D eigenvalue weighted by molar-refractivity contribution is 0.00745. The highest BCUT2D eigenvalue weighted by Crippen LogP contribution is 2.29. The fraction of sp³-hybridized carbons (Fsp3) is 0.824. The lowest BCUT2D eigenvalue weighted by atomic mass is 10.1. The molecule has 9 nitrogen and oxygen atoms in total. The number of ether oxygens (including phenoxy) is 2. The molecule has 0 spiro atoms. The summed E-state index contributed by atoms with van der Waals surface area (Å²) in [5, 5.41) is 32.0. The zero-order valence-electron chi connectivity index (χ0n) is 16.1. The summed E-state index contributed by atoms with van der Waals surface area (Å²) in [6.45, 7) is 10.0. The summed E-state index contributed by atoms with van der Waals surface area (Å²) in [7, 11) is 0. The number of rotatable bonds is 3. The maximum atomic E-state index is 12.5. The van der Waals surface area contributed by atoms with E-state index in [0.717, 1.165) is 4.90 Å². The quantitative estimate of drug-likeness (QED) is 0.677. The van der Waals surface area contributed by atoms with E-state index in [-0.39, 0.29) is 13.0 Å². The molecular formula is C17H29N3O6. The van der Waals surface area contributed by atoms with Crippen LogP contribution >= 0.6 is 0 Å². The Bertz CT molecular complexity index is 560. The van der Waals surface area contributed by atoms with Crippen molar-refractivity contribution < 1.29 is 29.3 Å². The highest BCUT2D eigenvalue weighted by molar-refractivity contribution is 5.71. The second-order valence-corrected chi connectivity index (χ2v) is 8.25. The summed E-state index contributed by atoms with van der Waals surface area (Å²) in [4.78, 5) is 25.5. The van der Waals surface area contributed by atoms with E-state index in [4.69, 9.17) is 14.7 Å². The van der Waals surface area contributed by atoms with Gasteiger partial charge in [0.1, 0.15) is 23.4 Å². The zero-order chi connectivity index (χ0) is 20.3. The van der Waals surface area contributed by atoms with Gasteiger partial charge in [-0.3, -0.25) is 4.90 Å². The predicted molar refractivity (Wildman–Crippen MR) is 92.1 cm³/mol. The van der Waals surface area contributed by atoms with Crippen molar-refractivity contribution in [2.45, 2.75) is 83.5 Å². The Kier molecular flexibility index (Phi) is 6.85. The lowest BCUT2D eigenvalue weighted by Gasteiger charge is -2.32. The number of aliphatic hydroxyl groups is 2. The van der Waals surface area contributed by atoms with Crippen molar-refractivity contribution in [1.29, 1.82) is 5.26 Å². The molecule has 0 radical (unpaired) electrons. The van der Waals surface area contributed by atoms with Crippen LogP contribution in [0.5, 0.6) is 0 Å². The predicted octanol–water partition coefficient (Wildman–Crippen LogP) is 1.13. The molecule has 0 bridgehead atoms. The first kappa shape index (κ1) is 22.0. The number of alkyl carbamates (subject to hydrolysis) is 1. The fourth-order valence-corrected chi connectivity index (χ4v) is 2.65. The van der Waals surface area contributed by atoms with Gasteiger partial charge in [-0.15, -0.1) is 0 Å². The van der Waals surface area contributed by atoms with Crippen molar-refractivity contribution in [2.24, 2.45) is 0 Å². The number of amides is 2. The number of nitrogens with zero attached hydrogens (tertiary/aromatic N) is 2. The van der Waals surface area contributed by atoms with Crippen LogP contribution in [-0.2, 0) is 9.47 Å². The first-order valence-corrected chi connectivity index (χ1v) is 8.48. The van der Waals surface area contributed by atoms with Gasteiger partial charge in [0.2, 0.25) is 0 Å². The van der Waals surface area contributed by atoms with Gasteiger partial charge in [-0.05, 0) is 41.5 Å². The highest BCUT2D eigenvalue weighted by atomic mass is 16.6. The standard InChI is InChI=1S/C17H29N3O6/c1-16(2,3)25-14(23)19-9-11-13(22)12(21)10(7-8-18)20(11)15(24)26-17(4,5)6/h10-13,21-22H,7,9H2,1-6H3,(H,19,23)/t10-,11+,12+,13+/m0/s1. The summed E-state index contributed by atoms with van der Waals surface area (Å²) in [6.07, 6.45) is -4.33. The van der Waals surface area contributed by atoms with E-state index >= 15 is 0 Å². The second-order valence-electron chi connectivity index (χ2n) is 8.25. The van der Waals surface area contributed by atoms with Gasteiger partial charge >= 0.3 is 12.2 Å². The molecule has 1 rings (SSSR count). The van der Waals surface area contributed by atoms with Gasteiger partial charge in [0.15, 0.2) is 0 Å². The van der Waals surface area contributed by atoms with E-state index in [9.17, 15) is 19.8 Å². The Labute approximate surface area is 153 Å². The summed E-state index contributed by atoms with van der Waals surface area (Å²) >= 11 is 0. The zero-order valence-corrected chi connectivity index (χ0v) is 16.1. The molecule has 3 N–H and O–H groups in total. The Balaban J connectivity index is 2.95. The van der Waals surface area contributed by atoms with E-state index < -0.39 is 47.7 Å². The largest absolute Gasteiger partial charge is 0.444 e. The van der Waals surface area contributed by atoms with Crippen LogP contribution in [0.4, 0.5) is 9.59 Å². The van der Waals surface area contributed by atoms with Crippen LogP contribution in [0.2, 0.25) is 0 Å². The van der Waals surface area contributed by atoms with Crippen LogP contribution in [0.3, 0.4) is 0 Å². The lowest BCUT2D eigenvalue weighted by Crippen LogP contribution is -2.51. The average Bonchev–Trinajstić information content (AvgIpc) is 2.66. The minimum absolute atomic E-state index is 0.158. The second kappa shape index (κ2) is 8.10. The monoisotopic (exact) mass is 371 g/mol. The summed E-state index contributed by atoms with van der Waals surface area (Å²) in [6, 6.07) is 0.00425. The molecule has 0 aliphatic carbocycles. The van der Waals surface area contributed by atoms with Crippen molar-refractivity contribution in [2.75, 3.05) is 6.54 Å². The Morgan fingerprint density at radius 2 is 1.54 bits per heavy atom. The van der Waals surface area contributed by atoms with Gasteiger partial charge in [0.05, 0.1) is 24.6 Å². The van der Waals surface area contributed by atoms with Crippen molar-refractivity contribution in [3.05, 3.63) is 0 Å². The molecule has 1 fully saturated rings. The fourth-order valence-electron chi connectivity index (χ4n) is 2.65. The van der Waals surface area contributed by atoms with Crippen LogP contribution in [0.25, 0.3) is 0 Å². The average molecular weight is 371 g/mol. The van der Waals surface area contributed by atoms with E-state index in [1.165, 1.54) is 0 Å². The molecular weight excluding hydrogens is 342 g/mol. The number of aliphatic hydroxyl groups excluding tert-OH is 2. The number of carbonyl (C=O) groups is 2. The molecule has 26 heavy (non-hydrogen) atoms. The normalized spacial score (nSPS) is 26.2. The molecule has 1 aliphatic rings.